The predicted octanol–water partition coefficient (Wildman–Crippen LogP) is 2.17. The molecule has 2 amide bonds. The molecule has 2 heterocycles. The van der Waals surface area contributed by atoms with Crippen molar-refractivity contribution in [3.63, 3.8) is 0 Å². The fourth-order valence-electron chi connectivity index (χ4n) is 3.73. The summed E-state index contributed by atoms with van der Waals surface area (Å²) in [5.74, 6) is -1.62. The summed E-state index contributed by atoms with van der Waals surface area (Å²) in [7, 11) is 0. The minimum atomic E-state index is -0.708. The van der Waals surface area contributed by atoms with Gasteiger partial charge in [0, 0.05) is 24.7 Å². The fraction of sp³-hybridized carbons (Fsp3) is 0.333. The quantitative estimate of drug-likeness (QED) is 0.614. The second-order valence-corrected chi connectivity index (χ2v) is 7.66. The molecule has 0 unspecified atom stereocenters. The number of esters is 2. The number of benzene rings is 2. The van der Waals surface area contributed by atoms with Gasteiger partial charge < -0.3 is 29.2 Å². The Morgan fingerprint density at radius 1 is 1.06 bits per heavy atom. The molecule has 2 aromatic rings. The summed E-state index contributed by atoms with van der Waals surface area (Å²) >= 11 is 0. The molecule has 2 aromatic carbocycles. The molecule has 4 rings (SSSR count). The van der Waals surface area contributed by atoms with Gasteiger partial charge in [0.15, 0.2) is 18.1 Å². The Morgan fingerprint density at radius 3 is 2.62 bits per heavy atom. The van der Waals surface area contributed by atoms with Crippen molar-refractivity contribution >= 4 is 35.1 Å². The van der Waals surface area contributed by atoms with Crippen LogP contribution in [0.2, 0.25) is 0 Å². The Labute approximate surface area is 195 Å². The van der Waals surface area contributed by atoms with Crippen LogP contribution in [-0.2, 0) is 23.9 Å². The number of nitrogens with one attached hydrogen (secondary N) is 1. The Morgan fingerprint density at radius 2 is 1.82 bits per heavy atom. The maximum absolute atomic E-state index is 12.5. The second-order valence-electron chi connectivity index (χ2n) is 7.66. The van der Waals surface area contributed by atoms with Crippen molar-refractivity contribution in [1.29, 1.82) is 0 Å². The number of nitrogens with zero attached hydrogens (tertiary/aromatic N) is 1. The average molecular weight is 468 g/mol. The van der Waals surface area contributed by atoms with E-state index in [1.54, 1.807) is 43.3 Å². The van der Waals surface area contributed by atoms with Crippen LogP contribution in [0.15, 0.2) is 42.5 Å². The van der Waals surface area contributed by atoms with Crippen molar-refractivity contribution in [2.24, 2.45) is 5.92 Å². The second kappa shape index (κ2) is 10.2. The molecule has 34 heavy (non-hydrogen) atoms. The highest BCUT2D eigenvalue weighted by Crippen LogP contribution is 2.36. The molecule has 2 aliphatic heterocycles. The summed E-state index contributed by atoms with van der Waals surface area (Å²) in [5, 5.41) is 2.55. The molecule has 10 heteroatoms. The summed E-state index contributed by atoms with van der Waals surface area (Å²) < 4.78 is 21.2. The lowest BCUT2D eigenvalue weighted by molar-refractivity contribution is -0.151. The average Bonchev–Trinajstić information content (AvgIpc) is 3.24. The van der Waals surface area contributed by atoms with Crippen LogP contribution in [-0.4, -0.2) is 56.7 Å². The summed E-state index contributed by atoms with van der Waals surface area (Å²) in [6.45, 7) is 2.34. The van der Waals surface area contributed by atoms with E-state index in [0.29, 0.717) is 30.4 Å². The van der Waals surface area contributed by atoms with E-state index in [2.05, 4.69) is 5.32 Å². The van der Waals surface area contributed by atoms with Gasteiger partial charge in [-0.25, -0.2) is 4.79 Å². The number of ether oxygens (including phenoxy) is 4. The molecular formula is C24H24N2O8. The summed E-state index contributed by atoms with van der Waals surface area (Å²) in [5.41, 5.74) is 1.04. The van der Waals surface area contributed by atoms with Crippen molar-refractivity contribution in [3.05, 3.63) is 48.0 Å². The van der Waals surface area contributed by atoms with Gasteiger partial charge in [0.05, 0.1) is 23.8 Å². The lowest BCUT2D eigenvalue weighted by atomic mass is 10.1. The monoisotopic (exact) mass is 468 g/mol. The van der Waals surface area contributed by atoms with Gasteiger partial charge in [0.1, 0.15) is 13.2 Å². The number of hydrogen-bond donors (Lipinski definition) is 1. The van der Waals surface area contributed by atoms with Gasteiger partial charge in [-0.05, 0) is 31.2 Å². The molecule has 0 saturated carbocycles. The van der Waals surface area contributed by atoms with E-state index in [4.69, 9.17) is 18.9 Å². The van der Waals surface area contributed by atoms with Crippen LogP contribution in [0.4, 0.5) is 11.4 Å². The number of hydrogen-bond acceptors (Lipinski definition) is 8. The SMILES string of the molecule is CCOC(=O)c1ccccc1NC(=O)COC(=O)[C@H]1CC(=O)N(c2ccc3c(c2)OCCO3)C1. The topological polar surface area (TPSA) is 120 Å². The molecule has 0 radical (unpaired) electrons. The molecule has 178 valence electrons. The van der Waals surface area contributed by atoms with Gasteiger partial charge >= 0.3 is 11.9 Å². The third-order valence-electron chi connectivity index (χ3n) is 5.34. The third kappa shape index (κ3) is 5.11. The van der Waals surface area contributed by atoms with Gasteiger partial charge in [0.25, 0.3) is 5.91 Å². The van der Waals surface area contributed by atoms with Crippen molar-refractivity contribution < 1.29 is 38.1 Å². The first-order chi connectivity index (χ1) is 16.5. The van der Waals surface area contributed by atoms with Crippen molar-refractivity contribution in [1.82, 2.24) is 0 Å². The highest BCUT2D eigenvalue weighted by Gasteiger charge is 2.37. The molecule has 2 aliphatic rings. The van der Waals surface area contributed by atoms with E-state index < -0.39 is 30.4 Å². The van der Waals surface area contributed by atoms with E-state index >= 15 is 0 Å². The molecule has 0 aromatic heterocycles. The number of carbonyl (C=O) groups is 4. The van der Waals surface area contributed by atoms with E-state index in [0.717, 1.165) is 0 Å². The summed E-state index contributed by atoms with van der Waals surface area (Å²) in [6.07, 6.45) is -0.0272. The van der Waals surface area contributed by atoms with Crippen LogP contribution in [0.3, 0.4) is 0 Å². The van der Waals surface area contributed by atoms with Gasteiger partial charge in [-0.1, -0.05) is 12.1 Å². The van der Waals surface area contributed by atoms with Gasteiger partial charge in [-0.2, -0.15) is 0 Å². The van der Waals surface area contributed by atoms with E-state index in [9.17, 15) is 19.2 Å². The molecule has 1 N–H and O–H groups in total. The zero-order valence-corrected chi connectivity index (χ0v) is 18.6. The van der Waals surface area contributed by atoms with Crippen LogP contribution in [0.25, 0.3) is 0 Å². The van der Waals surface area contributed by atoms with Gasteiger partial charge in [-0.15, -0.1) is 0 Å². The van der Waals surface area contributed by atoms with E-state index in [1.807, 2.05) is 0 Å². The first-order valence-electron chi connectivity index (χ1n) is 10.9. The molecule has 10 nitrogen and oxygen atoms in total. The number of rotatable bonds is 7. The van der Waals surface area contributed by atoms with Crippen LogP contribution in [0.5, 0.6) is 11.5 Å². The molecule has 1 saturated heterocycles. The smallest absolute Gasteiger partial charge is 0.340 e. The lowest BCUT2D eigenvalue weighted by Crippen LogP contribution is -2.28. The maximum Gasteiger partial charge on any atom is 0.340 e. The van der Waals surface area contributed by atoms with Crippen molar-refractivity contribution in [2.45, 2.75) is 13.3 Å². The normalized spacial score (nSPS) is 16.7. The van der Waals surface area contributed by atoms with E-state index in [-0.39, 0.29) is 36.7 Å². The van der Waals surface area contributed by atoms with Crippen LogP contribution < -0.4 is 19.7 Å². The largest absolute Gasteiger partial charge is 0.486 e. The minimum Gasteiger partial charge on any atom is -0.486 e. The highest BCUT2D eigenvalue weighted by atomic mass is 16.6. The number of fused-ring (bicyclic) bond motifs is 1. The fourth-order valence-corrected chi connectivity index (χ4v) is 3.73. The third-order valence-corrected chi connectivity index (χ3v) is 5.34. The Hall–Kier alpha value is -4.08. The standard InChI is InChI=1S/C24H24N2O8/c1-2-31-24(30)17-5-3-4-6-18(17)25-21(27)14-34-23(29)15-11-22(28)26(13-15)16-7-8-19-20(12-16)33-10-9-32-19/h3-8,12,15H,2,9-11,13-14H2,1H3,(H,25,27)/t15-/m0/s1. The van der Waals surface area contributed by atoms with Crippen LogP contribution in [0.1, 0.15) is 23.7 Å². The number of amides is 2. The lowest BCUT2D eigenvalue weighted by Gasteiger charge is -2.22. The Kier molecular flexibility index (Phi) is 6.95. The molecular weight excluding hydrogens is 444 g/mol. The van der Waals surface area contributed by atoms with E-state index in [1.165, 1.54) is 11.0 Å². The molecule has 0 bridgehead atoms. The predicted molar refractivity (Wildman–Crippen MR) is 120 cm³/mol. The first kappa shape index (κ1) is 23.1. The molecule has 0 spiro atoms. The molecule has 1 fully saturated rings. The van der Waals surface area contributed by atoms with Crippen LogP contribution >= 0.6 is 0 Å². The Balaban J connectivity index is 1.32. The van der Waals surface area contributed by atoms with Crippen molar-refractivity contribution in [2.75, 3.05) is 43.2 Å². The molecule has 1 atom stereocenters. The highest BCUT2D eigenvalue weighted by molar-refractivity contribution is 6.02. The van der Waals surface area contributed by atoms with Gasteiger partial charge in [-0.3, -0.25) is 14.4 Å². The zero-order valence-electron chi connectivity index (χ0n) is 18.6. The first-order valence-corrected chi connectivity index (χ1v) is 10.9. The number of para-hydroxylation sites is 1. The molecule has 0 aliphatic carbocycles. The number of anilines is 2. The summed E-state index contributed by atoms with van der Waals surface area (Å²) in [6, 6.07) is 11.5. The van der Waals surface area contributed by atoms with Gasteiger partial charge in [0.2, 0.25) is 5.91 Å². The van der Waals surface area contributed by atoms with Crippen LogP contribution in [0, 0.1) is 5.92 Å². The number of carbonyl (C=O) groups excluding carboxylic acids is 4. The minimum absolute atomic E-state index is 0.0272. The maximum atomic E-state index is 12.5. The van der Waals surface area contributed by atoms with Crippen molar-refractivity contribution in [3.8, 4) is 11.5 Å². The Bertz CT molecular complexity index is 1120. The zero-order chi connectivity index (χ0) is 24.1. The summed E-state index contributed by atoms with van der Waals surface area (Å²) in [4.78, 5) is 50.9.